The number of rotatable bonds is 6. The van der Waals surface area contributed by atoms with Crippen LogP contribution in [0.15, 0.2) is 41.8 Å². The Morgan fingerprint density at radius 2 is 1.92 bits per heavy atom. The van der Waals surface area contributed by atoms with Gasteiger partial charge in [-0.05, 0) is 31.2 Å². The van der Waals surface area contributed by atoms with Crippen LogP contribution in [0, 0.1) is 6.92 Å². The van der Waals surface area contributed by atoms with Gasteiger partial charge in [-0.2, -0.15) is 13.2 Å². The molecule has 3 aromatic heterocycles. The Bertz CT molecular complexity index is 906. The molecule has 0 bridgehead atoms. The van der Waals surface area contributed by atoms with Gasteiger partial charge in [-0.15, -0.1) is 21.5 Å². The lowest BCUT2D eigenvalue weighted by molar-refractivity contribution is -0.141. The van der Waals surface area contributed by atoms with Crippen molar-refractivity contribution in [3.8, 4) is 11.4 Å². The predicted molar refractivity (Wildman–Crippen MR) is 93.4 cm³/mol. The van der Waals surface area contributed by atoms with E-state index in [0.717, 1.165) is 21.2 Å². The number of Topliss-reactive ketones (excluding diaryl/α,β-unsaturated/α-hetero) is 1. The summed E-state index contributed by atoms with van der Waals surface area (Å²) < 4.78 is 40.0. The van der Waals surface area contributed by atoms with Crippen molar-refractivity contribution in [3.05, 3.63) is 46.4 Å². The molecule has 0 aliphatic rings. The fourth-order valence-electron chi connectivity index (χ4n) is 2.22. The van der Waals surface area contributed by atoms with E-state index in [1.165, 1.54) is 23.7 Å². The lowest BCUT2D eigenvalue weighted by Gasteiger charge is -2.12. The number of aromatic nitrogens is 4. The first-order valence-electron chi connectivity index (χ1n) is 7.46. The summed E-state index contributed by atoms with van der Waals surface area (Å²) in [4.78, 5) is 17.6. The summed E-state index contributed by atoms with van der Waals surface area (Å²) >= 11 is 2.30. The van der Waals surface area contributed by atoms with Crippen LogP contribution in [0.4, 0.5) is 13.2 Å². The zero-order valence-electron chi connectivity index (χ0n) is 13.5. The van der Waals surface area contributed by atoms with E-state index in [2.05, 4.69) is 15.2 Å². The first-order valence-corrected chi connectivity index (χ1v) is 9.26. The second-order valence-corrected chi connectivity index (χ2v) is 7.60. The third-order valence-electron chi connectivity index (χ3n) is 3.34. The van der Waals surface area contributed by atoms with Crippen molar-refractivity contribution in [3.63, 3.8) is 0 Å². The summed E-state index contributed by atoms with van der Waals surface area (Å²) in [6, 6.07) is 6.66. The van der Waals surface area contributed by atoms with Crippen LogP contribution >= 0.6 is 23.1 Å². The Kier molecular flexibility index (Phi) is 5.42. The minimum absolute atomic E-state index is 0.00765. The molecule has 0 fully saturated rings. The van der Waals surface area contributed by atoms with Gasteiger partial charge in [-0.1, -0.05) is 11.8 Å². The van der Waals surface area contributed by atoms with E-state index in [1.807, 2.05) is 13.0 Å². The fraction of sp³-hybridized carbons (Fsp3) is 0.250. The van der Waals surface area contributed by atoms with Crippen molar-refractivity contribution in [1.29, 1.82) is 0 Å². The average molecular weight is 398 g/mol. The number of halogens is 3. The van der Waals surface area contributed by atoms with Gasteiger partial charge in [0.1, 0.15) is 6.54 Å². The topological polar surface area (TPSA) is 60.7 Å². The predicted octanol–water partition coefficient (Wildman–Crippen LogP) is 4.25. The number of carbonyl (C=O) groups is 1. The molecule has 0 atom stereocenters. The monoisotopic (exact) mass is 398 g/mol. The standard InChI is InChI=1S/C16H13F3N4OS2/c1-10-2-3-13(26-10)12(24)8-25-15-22-21-14(11-4-6-20-7-5-11)23(15)9-16(17,18)19/h2-7H,8-9H2,1H3. The number of thiophene rings is 1. The number of ketones is 1. The molecule has 0 aromatic carbocycles. The lowest BCUT2D eigenvalue weighted by atomic mass is 10.2. The number of nitrogens with zero attached hydrogens (tertiary/aromatic N) is 4. The van der Waals surface area contributed by atoms with E-state index >= 15 is 0 Å². The zero-order chi connectivity index (χ0) is 18.7. The highest BCUT2D eigenvalue weighted by Crippen LogP contribution is 2.29. The molecular weight excluding hydrogens is 385 g/mol. The Hall–Kier alpha value is -2.20. The highest BCUT2D eigenvalue weighted by molar-refractivity contribution is 7.99. The maximum Gasteiger partial charge on any atom is 0.406 e. The minimum Gasteiger partial charge on any atom is -0.293 e. The molecule has 0 aliphatic heterocycles. The molecule has 10 heteroatoms. The maximum atomic E-state index is 13.0. The molecule has 5 nitrogen and oxygen atoms in total. The van der Waals surface area contributed by atoms with Gasteiger partial charge < -0.3 is 0 Å². The van der Waals surface area contributed by atoms with Crippen molar-refractivity contribution in [2.75, 3.05) is 5.75 Å². The Balaban J connectivity index is 1.84. The number of thioether (sulfide) groups is 1. The zero-order valence-corrected chi connectivity index (χ0v) is 15.2. The van der Waals surface area contributed by atoms with E-state index in [9.17, 15) is 18.0 Å². The molecule has 0 N–H and O–H groups in total. The maximum absolute atomic E-state index is 13.0. The summed E-state index contributed by atoms with van der Waals surface area (Å²) in [5.74, 6) is -0.0708. The fourth-order valence-corrected chi connectivity index (χ4v) is 3.93. The van der Waals surface area contributed by atoms with Gasteiger partial charge in [0.05, 0.1) is 10.6 Å². The van der Waals surface area contributed by atoms with Gasteiger partial charge >= 0.3 is 6.18 Å². The van der Waals surface area contributed by atoms with Crippen LogP contribution in [-0.2, 0) is 6.54 Å². The van der Waals surface area contributed by atoms with Gasteiger partial charge in [0.2, 0.25) is 0 Å². The highest BCUT2D eigenvalue weighted by atomic mass is 32.2. The summed E-state index contributed by atoms with van der Waals surface area (Å²) in [5, 5.41) is 7.79. The SMILES string of the molecule is Cc1ccc(C(=O)CSc2nnc(-c3ccncc3)n2CC(F)(F)F)s1. The molecule has 0 radical (unpaired) electrons. The second kappa shape index (κ2) is 7.58. The Morgan fingerprint density at radius 3 is 2.54 bits per heavy atom. The third-order valence-corrected chi connectivity index (χ3v) is 5.35. The lowest BCUT2D eigenvalue weighted by Crippen LogP contribution is -2.19. The average Bonchev–Trinajstić information content (AvgIpc) is 3.19. The first-order chi connectivity index (χ1) is 12.3. The molecule has 3 rings (SSSR count). The first kappa shape index (κ1) is 18.6. The van der Waals surface area contributed by atoms with E-state index < -0.39 is 12.7 Å². The molecule has 136 valence electrons. The van der Waals surface area contributed by atoms with Gasteiger partial charge in [0.25, 0.3) is 0 Å². The van der Waals surface area contributed by atoms with E-state index in [4.69, 9.17) is 0 Å². The van der Waals surface area contributed by atoms with Crippen LogP contribution in [0.25, 0.3) is 11.4 Å². The highest BCUT2D eigenvalue weighted by Gasteiger charge is 2.31. The summed E-state index contributed by atoms with van der Waals surface area (Å²) in [6.45, 7) is 0.655. The van der Waals surface area contributed by atoms with Gasteiger partial charge in [-0.3, -0.25) is 14.3 Å². The van der Waals surface area contributed by atoms with E-state index in [0.29, 0.717) is 10.4 Å². The van der Waals surface area contributed by atoms with E-state index in [1.54, 1.807) is 18.2 Å². The largest absolute Gasteiger partial charge is 0.406 e. The van der Waals surface area contributed by atoms with E-state index in [-0.39, 0.29) is 22.5 Å². The normalized spacial score (nSPS) is 11.7. The van der Waals surface area contributed by atoms with Crippen molar-refractivity contribution in [2.45, 2.75) is 24.8 Å². The van der Waals surface area contributed by atoms with Crippen molar-refractivity contribution in [2.24, 2.45) is 0 Å². The van der Waals surface area contributed by atoms with Crippen LogP contribution < -0.4 is 0 Å². The number of aryl methyl sites for hydroxylation is 1. The van der Waals surface area contributed by atoms with Crippen molar-refractivity contribution < 1.29 is 18.0 Å². The van der Waals surface area contributed by atoms with Crippen LogP contribution in [0.2, 0.25) is 0 Å². The summed E-state index contributed by atoms with van der Waals surface area (Å²) in [7, 11) is 0. The number of hydrogen-bond acceptors (Lipinski definition) is 6. The summed E-state index contributed by atoms with van der Waals surface area (Å²) in [5.41, 5.74) is 0.476. The molecule has 0 spiro atoms. The number of pyridine rings is 1. The number of carbonyl (C=O) groups excluding carboxylic acids is 1. The van der Waals surface area contributed by atoms with Crippen LogP contribution in [-0.4, -0.2) is 37.5 Å². The van der Waals surface area contributed by atoms with Gasteiger partial charge in [-0.25, -0.2) is 0 Å². The Morgan fingerprint density at radius 1 is 1.19 bits per heavy atom. The number of hydrogen-bond donors (Lipinski definition) is 0. The van der Waals surface area contributed by atoms with Crippen molar-refractivity contribution in [1.82, 2.24) is 19.7 Å². The summed E-state index contributed by atoms with van der Waals surface area (Å²) in [6.07, 6.45) is -1.50. The molecule has 0 amide bonds. The molecule has 0 saturated heterocycles. The third kappa shape index (κ3) is 4.50. The Labute approximate surface area is 155 Å². The van der Waals surface area contributed by atoms with Gasteiger partial charge in [0, 0.05) is 22.8 Å². The molecule has 3 heterocycles. The molecule has 26 heavy (non-hydrogen) atoms. The van der Waals surface area contributed by atoms with Crippen LogP contribution in [0.5, 0.6) is 0 Å². The van der Waals surface area contributed by atoms with Crippen LogP contribution in [0.3, 0.4) is 0 Å². The number of alkyl halides is 3. The smallest absolute Gasteiger partial charge is 0.293 e. The minimum atomic E-state index is -4.44. The molecule has 3 aromatic rings. The molecule has 0 aliphatic carbocycles. The quantitative estimate of drug-likeness (QED) is 0.459. The van der Waals surface area contributed by atoms with Crippen LogP contribution in [0.1, 0.15) is 14.5 Å². The molecule has 0 unspecified atom stereocenters. The second-order valence-electron chi connectivity index (χ2n) is 5.37. The molecular formula is C16H13F3N4OS2. The van der Waals surface area contributed by atoms with Crippen molar-refractivity contribution >= 4 is 28.9 Å². The molecule has 0 saturated carbocycles. The van der Waals surface area contributed by atoms with Gasteiger partial charge in [0.15, 0.2) is 16.8 Å².